The van der Waals surface area contributed by atoms with Gasteiger partial charge in [-0.2, -0.15) is 0 Å². The number of unbranched alkanes of at least 4 members (excludes halogenated alkanes) is 14. The van der Waals surface area contributed by atoms with Gasteiger partial charge in [-0.1, -0.05) is 96.8 Å². The fraction of sp³-hybridized carbons (Fsp3) is 0.958. The molecule has 0 saturated heterocycles. The summed E-state index contributed by atoms with van der Waals surface area (Å²) in [5.41, 5.74) is 0. The second kappa shape index (κ2) is 28.6. The average Bonchev–Trinajstić information content (AvgIpc) is 2.70. The highest BCUT2D eigenvalue weighted by atomic mass is 16.5. The predicted molar refractivity (Wildman–Crippen MR) is 120 cm³/mol. The van der Waals surface area contributed by atoms with Crippen molar-refractivity contribution in [3.05, 3.63) is 0 Å². The molecule has 0 aliphatic heterocycles. The van der Waals surface area contributed by atoms with Crippen LogP contribution in [0.5, 0.6) is 0 Å². The number of esters is 1. The number of hydrogen-bond donors (Lipinski definition) is 1. The zero-order valence-electron chi connectivity index (χ0n) is 19.3. The van der Waals surface area contributed by atoms with Gasteiger partial charge in [-0.25, -0.2) is 0 Å². The zero-order chi connectivity index (χ0) is 21.1. The number of carbonyl (C=O) groups excluding carboxylic acids is 1. The van der Waals surface area contributed by atoms with Gasteiger partial charge in [0.25, 0.3) is 0 Å². The first-order valence-corrected chi connectivity index (χ1v) is 12.1. The van der Waals surface area contributed by atoms with E-state index in [0.717, 1.165) is 26.1 Å². The van der Waals surface area contributed by atoms with E-state index in [9.17, 15) is 4.79 Å². The first-order chi connectivity index (χ1) is 13.7. The summed E-state index contributed by atoms with van der Waals surface area (Å²) in [4.78, 5) is 11.2. The maximum atomic E-state index is 11.2. The molecule has 0 fully saturated rings. The van der Waals surface area contributed by atoms with Crippen LogP contribution in [0.15, 0.2) is 0 Å². The second-order valence-electron chi connectivity index (χ2n) is 7.43. The van der Waals surface area contributed by atoms with Crippen LogP contribution < -0.4 is 0 Å². The van der Waals surface area contributed by atoms with E-state index in [2.05, 4.69) is 6.92 Å². The van der Waals surface area contributed by atoms with Crippen molar-refractivity contribution >= 4 is 5.97 Å². The molecule has 0 bridgehead atoms. The quantitative estimate of drug-likeness (QED) is 0.179. The molecule has 1 N–H and O–H groups in total. The van der Waals surface area contributed by atoms with E-state index in [-0.39, 0.29) is 19.2 Å². The lowest BCUT2D eigenvalue weighted by atomic mass is 10.0. The summed E-state index contributed by atoms with van der Waals surface area (Å²) in [6.07, 6.45) is 20.4. The van der Waals surface area contributed by atoms with E-state index in [1.54, 1.807) is 0 Å². The average molecular weight is 403 g/mol. The molecule has 0 aromatic rings. The molecule has 0 radical (unpaired) electrons. The SMILES string of the molecule is CCCCCCCCCCCCCCCCCC(=O)OCCO.CCOCC. The van der Waals surface area contributed by atoms with E-state index >= 15 is 0 Å². The van der Waals surface area contributed by atoms with Crippen LogP contribution in [0.3, 0.4) is 0 Å². The Kier molecular flexibility index (Phi) is 30.2. The van der Waals surface area contributed by atoms with Crippen molar-refractivity contribution in [1.29, 1.82) is 0 Å². The minimum Gasteiger partial charge on any atom is -0.463 e. The molecule has 0 atom stereocenters. The number of aliphatic hydroxyl groups is 1. The summed E-state index contributed by atoms with van der Waals surface area (Å²) in [5, 5.41) is 8.54. The summed E-state index contributed by atoms with van der Waals surface area (Å²) in [6, 6.07) is 0. The third kappa shape index (κ3) is 30.1. The van der Waals surface area contributed by atoms with Gasteiger partial charge in [0.1, 0.15) is 6.61 Å². The molecule has 0 aromatic heterocycles. The minimum absolute atomic E-state index is 0.0788. The molecule has 28 heavy (non-hydrogen) atoms. The molecule has 4 heteroatoms. The number of hydrogen-bond acceptors (Lipinski definition) is 4. The van der Waals surface area contributed by atoms with E-state index in [1.165, 1.54) is 83.5 Å². The van der Waals surface area contributed by atoms with Gasteiger partial charge in [-0.15, -0.1) is 0 Å². The molecule has 0 spiro atoms. The first kappa shape index (κ1) is 29.6. The standard InChI is InChI=1S/C20H40O3.C4H10O/c1-2-3-4-5-6-7-8-9-10-11-12-13-14-15-16-17-20(22)23-19-18-21;1-3-5-4-2/h21H,2-19H2,1H3;3-4H2,1-2H3. The highest BCUT2D eigenvalue weighted by Gasteiger charge is 2.01. The van der Waals surface area contributed by atoms with Gasteiger partial charge in [0.15, 0.2) is 0 Å². The van der Waals surface area contributed by atoms with Crippen molar-refractivity contribution in [3.63, 3.8) is 0 Å². The molecule has 0 heterocycles. The van der Waals surface area contributed by atoms with Gasteiger partial charge in [0.05, 0.1) is 6.61 Å². The highest BCUT2D eigenvalue weighted by Crippen LogP contribution is 2.13. The molecule has 4 nitrogen and oxygen atoms in total. The third-order valence-electron chi connectivity index (χ3n) is 4.75. The normalized spacial score (nSPS) is 10.4. The van der Waals surface area contributed by atoms with Crippen LogP contribution in [0, 0.1) is 0 Å². The summed E-state index contributed by atoms with van der Waals surface area (Å²) < 4.78 is 9.65. The summed E-state index contributed by atoms with van der Waals surface area (Å²) in [7, 11) is 0. The lowest BCUT2D eigenvalue weighted by molar-refractivity contribution is -0.144. The maximum absolute atomic E-state index is 11.2. The third-order valence-corrected chi connectivity index (χ3v) is 4.75. The molecule has 0 aromatic carbocycles. The topological polar surface area (TPSA) is 55.8 Å². The molecular weight excluding hydrogens is 352 g/mol. The van der Waals surface area contributed by atoms with E-state index in [1.807, 2.05) is 13.8 Å². The Balaban J connectivity index is 0. The Morgan fingerprint density at radius 2 is 1.04 bits per heavy atom. The van der Waals surface area contributed by atoms with Crippen molar-refractivity contribution in [1.82, 2.24) is 0 Å². The van der Waals surface area contributed by atoms with Crippen LogP contribution in [-0.4, -0.2) is 37.5 Å². The molecule has 0 saturated carbocycles. The van der Waals surface area contributed by atoms with Gasteiger partial charge in [-0.05, 0) is 20.3 Å². The fourth-order valence-electron chi connectivity index (χ4n) is 3.08. The molecule has 0 aliphatic carbocycles. The van der Waals surface area contributed by atoms with Crippen LogP contribution in [0.25, 0.3) is 0 Å². The Hall–Kier alpha value is -0.610. The Morgan fingerprint density at radius 1 is 0.643 bits per heavy atom. The summed E-state index contributed by atoms with van der Waals surface area (Å²) >= 11 is 0. The molecule has 170 valence electrons. The van der Waals surface area contributed by atoms with Gasteiger partial charge in [0, 0.05) is 19.6 Å². The smallest absolute Gasteiger partial charge is 0.305 e. The predicted octanol–water partition coefficient (Wildman–Crippen LogP) is 6.83. The van der Waals surface area contributed by atoms with Crippen molar-refractivity contribution in [2.75, 3.05) is 26.4 Å². The number of rotatable bonds is 20. The van der Waals surface area contributed by atoms with Gasteiger partial charge in [0.2, 0.25) is 0 Å². The Bertz CT molecular complexity index is 280. The summed E-state index contributed by atoms with van der Waals surface area (Å²) in [6.45, 7) is 8.00. The van der Waals surface area contributed by atoms with E-state index < -0.39 is 0 Å². The minimum atomic E-state index is -0.172. The van der Waals surface area contributed by atoms with Crippen LogP contribution in [-0.2, 0) is 14.3 Å². The van der Waals surface area contributed by atoms with E-state index in [0.29, 0.717) is 6.42 Å². The van der Waals surface area contributed by atoms with Crippen molar-refractivity contribution < 1.29 is 19.4 Å². The van der Waals surface area contributed by atoms with Crippen LogP contribution in [0.4, 0.5) is 0 Å². The van der Waals surface area contributed by atoms with Crippen LogP contribution >= 0.6 is 0 Å². The summed E-state index contributed by atoms with van der Waals surface area (Å²) in [5.74, 6) is -0.172. The zero-order valence-corrected chi connectivity index (χ0v) is 19.3. The molecule has 0 aliphatic rings. The highest BCUT2D eigenvalue weighted by molar-refractivity contribution is 5.69. The molecule has 0 rings (SSSR count). The number of ether oxygens (including phenoxy) is 2. The molecular formula is C24H50O4. The fourth-order valence-corrected chi connectivity index (χ4v) is 3.08. The van der Waals surface area contributed by atoms with Crippen molar-refractivity contribution in [2.24, 2.45) is 0 Å². The van der Waals surface area contributed by atoms with E-state index in [4.69, 9.17) is 14.6 Å². The maximum Gasteiger partial charge on any atom is 0.305 e. The van der Waals surface area contributed by atoms with Gasteiger partial charge >= 0.3 is 5.97 Å². The largest absolute Gasteiger partial charge is 0.463 e. The Morgan fingerprint density at radius 3 is 1.36 bits per heavy atom. The lowest BCUT2D eigenvalue weighted by Gasteiger charge is -2.04. The molecule has 0 unspecified atom stereocenters. The van der Waals surface area contributed by atoms with Crippen molar-refractivity contribution in [2.45, 2.75) is 124 Å². The first-order valence-electron chi connectivity index (χ1n) is 12.1. The second-order valence-corrected chi connectivity index (χ2v) is 7.43. The lowest BCUT2D eigenvalue weighted by Crippen LogP contribution is -2.07. The van der Waals surface area contributed by atoms with Crippen LogP contribution in [0.1, 0.15) is 124 Å². The van der Waals surface area contributed by atoms with Gasteiger partial charge < -0.3 is 14.6 Å². The van der Waals surface area contributed by atoms with Gasteiger partial charge in [-0.3, -0.25) is 4.79 Å². The number of carbonyl (C=O) groups is 1. The Labute approximate surface area is 175 Å². The number of aliphatic hydroxyl groups excluding tert-OH is 1. The van der Waals surface area contributed by atoms with Crippen molar-refractivity contribution in [3.8, 4) is 0 Å². The van der Waals surface area contributed by atoms with Crippen LogP contribution in [0.2, 0.25) is 0 Å². The monoisotopic (exact) mass is 402 g/mol. The molecule has 0 amide bonds.